The summed E-state index contributed by atoms with van der Waals surface area (Å²) >= 11 is 0. The maximum absolute atomic E-state index is 10.9. The number of carboxylic acid groups (broad SMARTS) is 1. The fraction of sp³-hybridized carbons (Fsp3) is 0.500. The first-order chi connectivity index (χ1) is 10.7. The van der Waals surface area contributed by atoms with Crippen LogP contribution in [0.2, 0.25) is 0 Å². The minimum Gasteiger partial charge on any atom is -0.465 e. The molecule has 0 spiro atoms. The fourth-order valence-corrected chi connectivity index (χ4v) is 3.11. The molecule has 1 heterocycles. The molecule has 2 unspecified atom stereocenters. The van der Waals surface area contributed by atoms with E-state index in [1.165, 1.54) is 16.9 Å². The van der Waals surface area contributed by atoms with Crippen LogP contribution in [0, 0.1) is 11.8 Å². The van der Waals surface area contributed by atoms with Gasteiger partial charge in [0.05, 0.1) is 0 Å². The molecule has 1 aromatic rings. The van der Waals surface area contributed by atoms with Crippen molar-refractivity contribution in [3.8, 4) is 0 Å². The molecule has 1 aliphatic heterocycles. The van der Waals surface area contributed by atoms with Gasteiger partial charge in [0.2, 0.25) is 0 Å². The summed E-state index contributed by atoms with van der Waals surface area (Å²) in [5, 5.41) is 12.6. The van der Waals surface area contributed by atoms with E-state index in [4.69, 9.17) is 5.11 Å². The van der Waals surface area contributed by atoms with Gasteiger partial charge < -0.3 is 15.3 Å². The second-order valence-corrected chi connectivity index (χ2v) is 6.40. The van der Waals surface area contributed by atoms with E-state index in [9.17, 15) is 4.79 Å². The van der Waals surface area contributed by atoms with Crippen molar-refractivity contribution in [2.24, 2.45) is 11.8 Å². The van der Waals surface area contributed by atoms with Crippen LogP contribution >= 0.6 is 0 Å². The summed E-state index contributed by atoms with van der Waals surface area (Å²) < 4.78 is 0. The summed E-state index contributed by atoms with van der Waals surface area (Å²) in [6.07, 6.45) is 6.92. The van der Waals surface area contributed by atoms with Crippen molar-refractivity contribution in [1.29, 1.82) is 0 Å². The zero-order valence-electron chi connectivity index (χ0n) is 12.8. The van der Waals surface area contributed by atoms with Gasteiger partial charge >= 0.3 is 6.09 Å². The van der Waals surface area contributed by atoms with Crippen molar-refractivity contribution >= 4 is 12.2 Å². The second-order valence-electron chi connectivity index (χ2n) is 6.40. The average Bonchev–Trinajstić information content (AvgIpc) is 3.31. The Morgan fingerprint density at radius 1 is 1.27 bits per heavy atom. The van der Waals surface area contributed by atoms with Crippen molar-refractivity contribution in [1.82, 2.24) is 10.2 Å². The van der Waals surface area contributed by atoms with Gasteiger partial charge in [-0.2, -0.15) is 0 Å². The quantitative estimate of drug-likeness (QED) is 0.878. The lowest BCUT2D eigenvalue weighted by Crippen LogP contribution is -2.40. The molecule has 0 aromatic heterocycles. The van der Waals surface area contributed by atoms with Crippen LogP contribution in [0.4, 0.5) is 4.79 Å². The second kappa shape index (κ2) is 6.97. The lowest BCUT2D eigenvalue weighted by molar-refractivity contribution is 0.124. The van der Waals surface area contributed by atoms with Crippen LogP contribution in [0.5, 0.6) is 0 Å². The van der Waals surface area contributed by atoms with Crippen molar-refractivity contribution in [3.05, 3.63) is 42.0 Å². The van der Waals surface area contributed by atoms with Crippen molar-refractivity contribution in [2.75, 3.05) is 19.6 Å². The van der Waals surface area contributed by atoms with Gasteiger partial charge in [-0.15, -0.1) is 0 Å². The SMILES string of the molecule is O=C(O)N1CCC(CNC2CC2/C=C\c2ccccc2)CC1. The Hall–Kier alpha value is -1.81. The molecule has 1 amide bonds. The Kier molecular flexibility index (Phi) is 4.78. The topological polar surface area (TPSA) is 52.6 Å². The first-order valence-electron chi connectivity index (χ1n) is 8.17. The minimum atomic E-state index is -0.778. The molecule has 4 nitrogen and oxygen atoms in total. The Bertz CT molecular complexity index is 521. The lowest BCUT2D eigenvalue weighted by Gasteiger charge is -2.30. The summed E-state index contributed by atoms with van der Waals surface area (Å²) in [7, 11) is 0. The third-order valence-electron chi connectivity index (χ3n) is 4.73. The molecular formula is C18H24N2O2. The van der Waals surface area contributed by atoms with Gasteiger partial charge in [0.1, 0.15) is 0 Å². The zero-order chi connectivity index (χ0) is 15.4. The Balaban J connectivity index is 1.35. The van der Waals surface area contributed by atoms with Gasteiger partial charge in [-0.3, -0.25) is 0 Å². The molecule has 2 aliphatic rings. The fourth-order valence-electron chi connectivity index (χ4n) is 3.11. The van der Waals surface area contributed by atoms with E-state index < -0.39 is 6.09 Å². The van der Waals surface area contributed by atoms with E-state index in [2.05, 4.69) is 41.7 Å². The molecule has 1 saturated carbocycles. The van der Waals surface area contributed by atoms with Gasteiger partial charge in [-0.1, -0.05) is 42.5 Å². The lowest BCUT2D eigenvalue weighted by atomic mass is 9.97. The average molecular weight is 300 g/mol. The number of benzene rings is 1. The zero-order valence-corrected chi connectivity index (χ0v) is 12.8. The van der Waals surface area contributed by atoms with Gasteiger partial charge in [-0.05, 0) is 43.2 Å². The number of hydrogen-bond donors (Lipinski definition) is 2. The van der Waals surface area contributed by atoms with E-state index in [1.807, 2.05) is 6.07 Å². The van der Waals surface area contributed by atoms with Crippen LogP contribution < -0.4 is 5.32 Å². The van der Waals surface area contributed by atoms with Crippen LogP contribution in [0.25, 0.3) is 6.08 Å². The molecule has 2 fully saturated rings. The van der Waals surface area contributed by atoms with E-state index in [0.717, 1.165) is 19.4 Å². The number of piperidine rings is 1. The summed E-state index contributed by atoms with van der Waals surface area (Å²) in [5.41, 5.74) is 1.26. The Morgan fingerprint density at radius 3 is 2.68 bits per heavy atom. The van der Waals surface area contributed by atoms with Crippen LogP contribution in [0.15, 0.2) is 36.4 Å². The Morgan fingerprint density at radius 2 is 2.00 bits per heavy atom. The highest BCUT2D eigenvalue weighted by Gasteiger charge is 2.35. The smallest absolute Gasteiger partial charge is 0.407 e. The maximum atomic E-state index is 10.9. The molecule has 4 heteroatoms. The third kappa shape index (κ3) is 4.10. The first-order valence-corrected chi connectivity index (χ1v) is 8.17. The maximum Gasteiger partial charge on any atom is 0.407 e. The molecule has 0 radical (unpaired) electrons. The number of hydrogen-bond acceptors (Lipinski definition) is 2. The molecule has 1 aliphatic carbocycles. The number of nitrogens with one attached hydrogen (secondary N) is 1. The molecular weight excluding hydrogens is 276 g/mol. The van der Waals surface area contributed by atoms with E-state index in [1.54, 1.807) is 0 Å². The standard InChI is InChI=1S/C18H24N2O2/c21-18(22)20-10-8-15(9-11-20)13-19-17-12-16(17)7-6-14-4-2-1-3-5-14/h1-7,15-17,19H,8-13H2,(H,21,22)/b7-6-. The number of rotatable bonds is 5. The van der Waals surface area contributed by atoms with Gasteiger partial charge in [-0.25, -0.2) is 4.79 Å². The number of nitrogens with zero attached hydrogens (tertiary/aromatic N) is 1. The first kappa shape index (κ1) is 15.1. The van der Waals surface area contributed by atoms with Crippen LogP contribution in [0.1, 0.15) is 24.8 Å². The predicted molar refractivity (Wildman–Crippen MR) is 87.7 cm³/mol. The molecule has 118 valence electrons. The summed E-state index contributed by atoms with van der Waals surface area (Å²) in [5.74, 6) is 1.27. The molecule has 22 heavy (non-hydrogen) atoms. The highest BCUT2D eigenvalue weighted by Crippen LogP contribution is 2.32. The number of likely N-dealkylation sites (tertiary alicyclic amines) is 1. The largest absolute Gasteiger partial charge is 0.465 e. The normalized spacial score (nSPS) is 25.5. The molecule has 2 N–H and O–H groups in total. The molecule has 1 saturated heterocycles. The predicted octanol–water partition coefficient (Wildman–Crippen LogP) is 3.07. The van der Waals surface area contributed by atoms with Gasteiger partial charge in [0.25, 0.3) is 0 Å². The molecule has 1 aromatic carbocycles. The van der Waals surface area contributed by atoms with Gasteiger partial charge in [0, 0.05) is 19.1 Å². The van der Waals surface area contributed by atoms with Crippen LogP contribution in [-0.4, -0.2) is 41.8 Å². The minimum absolute atomic E-state index is 0.609. The van der Waals surface area contributed by atoms with Gasteiger partial charge in [0.15, 0.2) is 0 Å². The molecule has 2 atom stereocenters. The van der Waals surface area contributed by atoms with E-state index in [0.29, 0.717) is 31.0 Å². The third-order valence-corrected chi connectivity index (χ3v) is 4.73. The highest BCUT2D eigenvalue weighted by molar-refractivity contribution is 5.64. The van der Waals surface area contributed by atoms with Crippen molar-refractivity contribution in [2.45, 2.75) is 25.3 Å². The van der Waals surface area contributed by atoms with Crippen LogP contribution in [-0.2, 0) is 0 Å². The van der Waals surface area contributed by atoms with E-state index in [-0.39, 0.29) is 0 Å². The number of carbonyl (C=O) groups is 1. The summed E-state index contributed by atoms with van der Waals surface area (Å²) in [4.78, 5) is 12.4. The van der Waals surface area contributed by atoms with Crippen molar-refractivity contribution in [3.63, 3.8) is 0 Å². The number of amides is 1. The van der Waals surface area contributed by atoms with Crippen LogP contribution in [0.3, 0.4) is 0 Å². The Labute approximate surface area is 131 Å². The molecule has 3 rings (SSSR count). The van der Waals surface area contributed by atoms with Crippen molar-refractivity contribution < 1.29 is 9.90 Å². The highest BCUT2D eigenvalue weighted by atomic mass is 16.4. The monoisotopic (exact) mass is 300 g/mol. The van der Waals surface area contributed by atoms with E-state index >= 15 is 0 Å². The summed E-state index contributed by atoms with van der Waals surface area (Å²) in [6, 6.07) is 11.0. The molecule has 0 bridgehead atoms. The summed E-state index contributed by atoms with van der Waals surface area (Å²) in [6.45, 7) is 2.39.